The zero-order chi connectivity index (χ0) is 22.9. The molecule has 3 aromatic rings. The minimum atomic E-state index is -1.40. The molecule has 0 bridgehead atoms. The molecule has 170 valence electrons. The summed E-state index contributed by atoms with van der Waals surface area (Å²) in [6.07, 6.45) is 7.36. The van der Waals surface area contributed by atoms with E-state index in [1.54, 1.807) is 12.1 Å². The molecule has 3 rings (SSSR count). The van der Waals surface area contributed by atoms with Crippen molar-refractivity contribution in [1.82, 2.24) is 4.98 Å². The number of aromatic carboxylic acids is 1. The Bertz CT molecular complexity index is 1040. The van der Waals surface area contributed by atoms with Crippen LogP contribution in [0.2, 0.25) is 0 Å². The average molecular weight is 454 g/mol. The van der Waals surface area contributed by atoms with Crippen LogP contribution in [0.1, 0.15) is 79.6 Å². The Balaban J connectivity index is 1.65. The lowest BCUT2D eigenvalue weighted by Crippen LogP contribution is -2.08. The van der Waals surface area contributed by atoms with Crippen molar-refractivity contribution in [2.75, 3.05) is 0 Å². The number of aromatic nitrogens is 1. The molecule has 1 heterocycles. The number of nitrogens with zero attached hydrogens (tertiary/aromatic N) is 1. The van der Waals surface area contributed by atoms with Crippen molar-refractivity contribution >= 4 is 28.0 Å². The van der Waals surface area contributed by atoms with Crippen LogP contribution in [0.25, 0.3) is 10.9 Å². The van der Waals surface area contributed by atoms with Gasteiger partial charge >= 0.3 is 5.97 Å². The van der Waals surface area contributed by atoms with E-state index < -0.39 is 23.2 Å². The number of hydrogen-bond acceptors (Lipinski definition) is 4. The molecule has 0 amide bonds. The number of carbonyl (C=O) groups is 1. The highest BCUT2D eigenvalue weighted by Crippen LogP contribution is 2.25. The molecular formula is C26H31NO4S. The number of aliphatic hydroxyl groups excluding tert-OH is 1. The summed E-state index contributed by atoms with van der Waals surface area (Å²) in [5, 5.41) is 20.7. The van der Waals surface area contributed by atoms with E-state index >= 15 is 0 Å². The van der Waals surface area contributed by atoms with Crippen LogP contribution in [0.4, 0.5) is 0 Å². The van der Waals surface area contributed by atoms with E-state index in [4.69, 9.17) is 5.11 Å². The van der Waals surface area contributed by atoms with E-state index in [1.165, 1.54) is 37.8 Å². The van der Waals surface area contributed by atoms with Gasteiger partial charge in [0, 0.05) is 11.5 Å². The lowest BCUT2D eigenvalue weighted by atomic mass is 10.0. The van der Waals surface area contributed by atoms with Gasteiger partial charge in [0.15, 0.2) is 10.6 Å². The van der Waals surface area contributed by atoms with E-state index in [1.807, 2.05) is 30.3 Å². The van der Waals surface area contributed by atoms with E-state index in [2.05, 4.69) is 11.9 Å². The number of hydrogen-bond donors (Lipinski definition) is 2. The van der Waals surface area contributed by atoms with Crippen molar-refractivity contribution in [3.63, 3.8) is 0 Å². The summed E-state index contributed by atoms with van der Waals surface area (Å²) in [4.78, 5) is 16.3. The maximum atomic E-state index is 12.8. The summed E-state index contributed by atoms with van der Waals surface area (Å²) in [6.45, 7) is 2.21. The standard InChI is InChI=1S/C26H31NO4S/c1-2-3-4-5-6-7-11-25(28)20-13-12-19-14-15-22(27-24(19)17-20)18-32(31)23-10-8-9-21(16-23)26(29)30/h8-10,12-17,25,28H,2-7,11,18H2,1H3,(H,29,30). The Labute approximate surface area is 192 Å². The fraction of sp³-hybridized carbons (Fsp3) is 0.385. The highest BCUT2D eigenvalue weighted by Gasteiger charge is 2.16. The van der Waals surface area contributed by atoms with Crippen molar-refractivity contribution in [2.24, 2.45) is 0 Å². The maximum Gasteiger partial charge on any atom is 0.335 e. The fourth-order valence-corrected chi connectivity index (χ4v) is 4.82. The summed E-state index contributed by atoms with van der Waals surface area (Å²) < 4.78 is 12.8. The van der Waals surface area contributed by atoms with Crippen LogP contribution >= 0.6 is 0 Å². The van der Waals surface area contributed by atoms with Gasteiger partial charge < -0.3 is 14.8 Å². The molecule has 5 nitrogen and oxygen atoms in total. The van der Waals surface area contributed by atoms with Gasteiger partial charge in [-0.15, -0.1) is 0 Å². The molecular weight excluding hydrogens is 422 g/mol. The van der Waals surface area contributed by atoms with E-state index in [-0.39, 0.29) is 11.3 Å². The predicted octanol–water partition coefficient (Wildman–Crippen LogP) is 6.02. The molecule has 2 aromatic carbocycles. The monoisotopic (exact) mass is 453 g/mol. The molecule has 0 saturated heterocycles. The average Bonchev–Trinajstić information content (AvgIpc) is 2.80. The zero-order valence-electron chi connectivity index (χ0n) is 18.5. The number of aliphatic hydroxyl groups is 1. The van der Waals surface area contributed by atoms with Crippen LogP contribution in [0, 0.1) is 0 Å². The lowest BCUT2D eigenvalue weighted by Gasteiger charge is -2.13. The lowest BCUT2D eigenvalue weighted by molar-refractivity contribution is 0.0696. The van der Waals surface area contributed by atoms with E-state index in [9.17, 15) is 14.5 Å². The van der Waals surface area contributed by atoms with Gasteiger partial charge in [-0.1, -0.05) is 69.7 Å². The quantitative estimate of drug-likeness (QED) is 0.258. The summed E-state index contributed by atoms with van der Waals surface area (Å²) in [5.74, 6) is -0.844. The van der Waals surface area contributed by atoms with Crippen LogP contribution < -0.4 is 0 Å². The molecule has 0 radical (unpaired) electrons. The smallest absolute Gasteiger partial charge is 0.335 e. The van der Waals surface area contributed by atoms with E-state index in [0.29, 0.717) is 10.6 Å². The molecule has 2 N–H and O–H groups in total. The number of fused-ring (bicyclic) bond motifs is 1. The van der Waals surface area contributed by atoms with Crippen LogP contribution in [0.3, 0.4) is 0 Å². The van der Waals surface area contributed by atoms with Gasteiger partial charge in [-0.3, -0.25) is 0 Å². The Hall–Kier alpha value is -2.41. The van der Waals surface area contributed by atoms with Gasteiger partial charge in [0.1, 0.15) is 0 Å². The van der Waals surface area contributed by atoms with Crippen LogP contribution in [0.5, 0.6) is 0 Å². The number of rotatable bonds is 12. The number of carboxylic acid groups (broad SMARTS) is 1. The third-order valence-electron chi connectivity index (χ3n) is 5.61. The SMILES string of the molecule is CCCCCCCCC(O)c1ccc2ccc(C[S+]([O-])c3cccc(C(=O)O)c3)nc2c1. The number of pyridine rings is 1. The molecule has 32 heavy (non-hydrogen) atoms. The third-order valence-corrected chi connectivity index (χ3v) is 6.95. The first-order valence-corrected chi connectivity index (χ1v) is 12.6. The Morgan fingerprint density at radius 2 is 1.78 bits per heavy atom. The maximum absolute atomic E-state index is 12.8. The molecule has 0 aliphatic rings. The first-order valence-electron chi connectivity index (χ1n) is 11.3. The van der Waals surface area contributed by atoms with Gasteiger partial charge in [0.2, 0.25) is 0 Å². The number of unbranched alkanes of at least 4 members (excludes halogenated alkanes) is 5. The summed E-state index contributed by atoms with van der Waals surface area (Å²) >= 11 is -1.40. The topological polar surface area (TPSA) is 93.5 Å². The minimum Gasteiger partial charge on any atom is -0.611 e. The Morgan fingerprint density at radius 1 is 1.03 bits per heavy atom. The van der Waals surface area contributed by atoms with Gasteiger partial charge in [0.25, 0.3) is 0 Å². The second-order valence-corrected chi connectivity index (χ2v) is 9.60. The normalized spacial score (nSPS) is 13.2. The van der Waals surface area contributed by atoms with Crippen molar-refractivity contribution in [3.8, 4) is 0 Å². The third kappa shape index (κ3) is 6.79. The fourth-order valence-electron chi connectivity index (χ4n) is 3.74. The van der Waals surface area contributed by atoms with Gasteiger partial charge in [-0.2, -0.15) is 0 Å². The zero-order valence-corrected chi connectivity index (χ0v) is 19.3. The summed E-state index contributed by atoms with van der Waals surface area (Å²) in [6, 6.07) is 15.8. The van der Waals surface area contributed by atoms with Crippen molar-refractivity contribution in [3.05, 3.63) is 71.4 Å². The van der Waals surface area contributed by atoms with Crippen LogP contribution in [0.15, 0.2) is 59.5 Å². The van der Waals surface area contributed by atoms with E-state index in [0.717, 1.165) is 35.7 Å². The molecule has 2 unspecified atom stereocenters. The first-order chi connectivity index (χ1) is 15.5. The largest absolute Gasteiger partial charge is 0.611 e. The Morgan fingerprint density at radius 3 is 2.56 bits per heavy atom. The summed E-state index contributed by atoms with van der Waals surface area (Å²) in [5.41, 5.74) is 2.40. The van der Waals surface area contributed by atoms with Crippen molar-refractivity contribution < 1.29 is 19.6 Å². The molecule has 0 aliphatic heterocycles. The molecule has 0 fully saturated rings. The molecule has 6 heteroatoms. The Kier molecular flexibility index (Phi) is 9.09. The predicted molar refractivity (Wildman–Crippen MR) is 128 cm³/mol. The number of benzene rings is 2. The molecule has 0 saturated carbocycles. The van der Waals surface area contributed by atoms with Gasteiger partial charge in [-0.25, -0.2) is 9.78 Å². The van der Waals surface area contributed by atoms with Crippen LogP contribution in [-0.2, 0) is 16.9 Å². The summed E-state index contributed by atoms with van der Waals surface area (Å²) in [7, 11) is 0. The second-order valence-electron chi connectivity index (χ2n) is 8.15. The second kappa shape index (κ2) is 12.0. The highest BCUT2D eigenvalue weighted by molar-refractivity contribution is 7.90. The molecule has 0 spiro atoms. The van der Waals surface area contributed by atoms with Gasteiger partial charge in [0.05, 0.1) is 22.9 Å². The first kappa shape index (κ1) is 24.2. The minimum absolute atomic E-state index is 0.117. The van der Waals surface area contributed by atoms with Crippen LogP contribution in [-0.4, -0.2) is 25.7 Å². The van der Waals surface area contributed by atoms with Crippen molar-refractivity contribution in [2.45, 2.75) is 68.6 Å². The van der Waals surface area contributed by atoms with Gasteiger partial charge in [-0.05, 0) is 47.4 Å². The van der Waals surface area contributed by atoms with Crippen molar-refractivity contribution in [1.29, 1.82) is 0 Å². The molecule has 0 aliphatic carbocycles. The molecule has 2 atom stereocenters. The highest BCUT2D eigenvalue weighted by atomic mass is 32.2. The number of carboxylic acids is 1. The molecule has 1 aromatic heterocycles.